The summed E-state index contributed by atoms with van der Waals surface area (Å²) in [7, 11) is 1.72. The first kappa shape index (κ1) is 12.9. The predicted molar refractivity (Wildman–Crippen MR) is 63.8 cm³/mol. The molecule has 0 spiro atoms. The van der Waals surface area contributed by atoms with Crippen molar-refractivity contribution in [2.45, 2.75) is 0 Å². The van der Waals surface area contributed by atoms with Crippen LogP contribution in [-0.2, 0) is 0 Å². The largest absolute Gasteiger partial charge is 0.293 e. The van der Waals surface area contributed by atoms with Gasteiger partial charge >= 0.3 is 0 Å². The van der Waals surface area contributed by atoms with Gasteiger partial charge in [-0.05, 0) is 7.05 Å². The van der Waals surface area contributed by atoms with E-state index in [1.165, 1.54) is 18.2 Å². The summed E-state index contributed by atoms with van der Waals surface area (Å²) >= 11 is 0. The Morgan fingerprint density at radius 1 is 1.59 bits per heavy atom. The SMILES string of the molecule is C#CCN(C)CC(=O)c1cccc([N+](=O)[O-])c1. The number of benzene rings is 1. The number of terminal acetylenes is 1. The van der Waals surface area contributed by atoms with Crippen molar-refractivity contribution in [1.82, 2.24) is 4.90 Å². The van der Waals surface area contributed by atoms with Crippen LogP contribution in [0.2, 0.25) is 0 Å². The Labute approximate surface area is 99.2 Å². The minimum Gasteiger partial charge on any atom is -0.293 e. The van der Waals surface area contributed by atoms with Crippen LogP contribution in [0.5, 0.6) is 0 Å². The van der Waals surface area contributed by atoms with Gasteiger partial charge in [-0.25, -0.2) is 0 Å². The van der Waals surface area contributed by atoms with Gasteiger partial charge in [-0.2, -0.15) is 0 Å². The van der Waals surface area contributed by atoms with Crippen LogP contribution in [0.1, 0.15) is 10.4 Å². The number of likely N-dealkylation sites (N-methyl/N-ethyl adjacent to an activating group) is 1. The molecular formula is C12H12N2O3. The summed E-state index contributed by atoms with van der Waals surface area (Å²) in [6, 6.07) is 5.67. The lowest BCUT2D eigenvalue weighted by Crippen LogP contribution is -2.26. The van der Waals surface area contributed by atoms with E-state index in [-0.39, 0.29) is 18.0 Å². The number of hydrogen-bond donors (Lipinski definition) is 0. The van der Waals surface area contributed by atoms with E-state index in [2.05, 4.69) is 5.92 Å². The van der Waals surface area contributed by atoms with E-state index in [9.17, 15) is 14.9 Å². The average Bonchev–Trinajstić information content (AvgIpc) is 2.29. The normalized spacial score (nSPS) is 9.94. The highest BCUT2D eigenvalue weighted by Crippen LogP contribution is 2.13. The zero-order chi connectivity index (χ0) is 12.8. The maximum atomic E-state index is 11.8. The highest BCUT2D eigenvalue weighted by Gasteiger charge is 2.12. The predicted octanol–water partition coefficient (Wildman–Crippen LogP) is 1.34. The van der Waals surface area contributed by atoms with E-state index in [1.807, 2.05) is 0 Å². The first-order valence-electron chi connectivity index (χ1n) is 4.94. The lowest BCUT2D eigenvalue weighted by Gasteiger charge is -2.11. The molecular weight excluding hydrogens is 220 g/mol. The van der Waals surface area contributed by atoms with Crippen LogP contribution in [0.15, 0.2) is 24.3 Å². The molecule has 1 aromatic carbocycles. The number of nitro benzene ring substituents is 1. The van der Waals surface area contributed by atoms with E-state index in [4.69, 9.17) is 6.42 Å². The van der Waals surface area contributed by atoms with Crippen LogP contribution >= 0.6 is 0 Å². The maximum Gasteiger partial charge on any atom is 0.270 e. The Morgan fingerprint density at radius 3 is 2.88 bits per heavy atom. The molecule has 0 N–H and O–H groups in total. The third-order valence-corrected chi connectivity index (χ3v) is 2.15. The number of Topliss-reactive ketones (excluding diaryl/α,β-unsaturated/α-hetero) is 1. The molecule has 1 aromatic rings. The van der Waals surface area contributed by atoms with Crippen LogP contribution < -0.4 is 0 Å². The lowest BCUT2D eigenvalue weighted by atomic mass is 10.1. The standard InChI is InChI=1S/C12H12N2O3/c1-3-7-13(2)9-12(15)10-5-4-6-11(8-10)14(16)17/h1,4-6,8H,7,9H2,2H3. The highest BCUT2D eigenvalue weighted by atomic mass is 16.6. The van der Waals surface area contributed by atoms with Gasteiger partial charge in [0.05, 0.1) is 18.0 Å². The molecule has 5 heteroatoms. The molecule has 0 radical (unpaired) electrons. The second kappa shape index (κ2) is 5.77. The molecule has 5 nitrogen and oxygen atoms in total. The molecule has 0 atom stereocenters. The van der Waals surface area contributed by atoms with E-state index >= 15 is 0 Å². The van der Waals surface area contributed by atoms with E-state index in [1.54, 1.807) is 18.0 Å². The molecule has 0 saturated carbocycles. The van der Waals surface area contributed by atoms with Crippen molar-refractivity contribution in [2.75, 3.05) is 20.1 Å². The van der Waals surface area contributed by atoms with Gasteiger partial charge in [0, 0.05) is 17.7 Å². The summed E-state index contributed by atoms with van der Waals surface area (Å²) in [6.45, 7) is 0.506. The number of nitro groups is 1. The smallest absolute Gasteiger partial charge is 0.270 e. The molecule has 0 amide bonds. The zero-order valence-corrected chi connectivity index (χ0v) is 9.42. The molecule has 1 rings (SSSR count). The number of carbonyl (C=O) groups excluding carboxylic acids is 1. The van der Waals surface area contributed by atoms with Crippen molar-refractivity contribution < 1.29 is 9.72 Å². The third kappa shape index (κ3) is 3.70. The molecule has 0 heterocycles. The maximum absolute atomic E-state index is 11.8. The van der Waals surface area contributed by atoms with Gasteiger partial charge in [0.2, 0.25) is 0 Å². The number of carbonyl (C=O) groups is 1. The van der Waals surface area contributed by atoms with E-state index in [0.29, 0.717) is 12.1 Å². The number of rotatable bonds is 5. The van der Waals surface area contributed by atoms with Gasteiger partial charge < -0.3 is 0 Å². The third-order valence-electron chi connectivity index (χ3n) is 2.15. The van der Waals surface area contributed by atoms with Crippen LogP contribution in [0.4, 0.5) is 5.69 Å². The Hall–Kier alpha value is -2.19. The number of hydrogen-bond acceptors (Lipinski definition) is 4. The number of non-ortho nitro benzene ring substituents is 1. The van der Waals surface area contributed by atoms with Crippen molar-refractivity contribution in [1.29, 1.82) is 0 Å². The van der Waals surface area contributed by atoms with Gasteiger partial charge in [0.1, 0.15) is 0 Å². The quantitative estimate of drug-likeness (QED) is 0.332. The van der Waals surface area contributed by atoms with Gasteiger partial charge in [0.25, 0.3) is 5.69 Å². The zero-order valence-electron chi connectivity index (χ0n) is 9.42. The molecule has 0 unspecified atom stereocenters. The first-order chi connectivity index (χ1) is 8.04. The second-order valence-corrected chi connectivity index (χ2v) is 3.61. The van der Waals surface area contributed by atoms with Gasteiger partial charge in [0.15, 0.2) is 5.78 Å². The lowest BCUT2D eigenvalue weighted by molar-refractivity contribution is -0.384. The summed E-state index contributed by atoms with van der Waals surface area (Å²) in [4.78, 5) is 23.5. The number of ketones is 1. The molecule has 88 valence electrons. The summed E-state index contributed by atoms with van der Waals surface area (Å²) in [5, 5.41) is 10.6. The fraction of sp³-hybridized carbons (Fsp3) is 0.250. The molecule has 0 saturated heterocycles. The van der Waals surface area contributed by atoms with Crippen molar-refractivity contribution in [3.05, 3.63) is 39.9 Å². The molecule has 0 bridgehead atoms. The van der Waals surface area contributed by atoms with Gasteiger partial charge in [-0.15, -0.1) is 6.42 Å². The number of nitrogens with zero attached hydrogens (tertiary/aromatic N) is 2. The first-order valence-corrected chi connectivity index (χ1v) is 4.94. The molecule has 17 heavy (non-hydrogen) atoms. The minimum absolute atomic E-state index is 0.0875. The fourth-order valence-corrected chi connectivity index (χ4v) is 1.34. The summed E-state index contributed by atoms with van der Waals surface area (Å²) in [5.74, 6) is 2.23. The summed E-state index contributed by atoms with van der Waals surface area (Å²) in [5.41, 5.74) is 0.235. The fourth-order valence-electron chi connectivity index (χ4n) is 1.34. The van der Waals surface area contributed by atoms with Crippen LogP contribution in [0.25, 0.3) is 0 Å². The van der Waals surface area contributed by atoms with Gasteiger partial charge in [-0.3, -0.25) is 19.8 Å². The Balaban J connectivity index is 2.79. The Morgan fingerprint density at radius 2 is 2.29 bits per heavy atom. The molecule has 0 aliphatic heterocycles. The van der Waals surface area contributed by atoms with Gasteiger partial charge in [-0.1, -0.05) is 18.1 Å². The molecule has 0 aliphatic carbocycles. The van der Waals surface area contributed by atoms with Crippen LogP contribution in [0.3, 0.4) is 0 Å². The van der Waals surface area contributed by atoms with Crippen LogP contribution in [-0.4, -0.2) is 35.7 Å². The van der Waals surface area contributed by atoms with Crippen molar-refractivity contribution in [2.24, 2.45) is 0 Å². The molecule has 0 aromatic heterocycles. The molecule has 0 fully saturated rings. The van der Waals surface area contributed by atoms with E-state index < -0.39 is 4.92 Å². The monoisotopic (exact) mass is 232 g/mol. The van der Waals surface area contributed by atoms with Crippen LogP contribution in [0, 0.1) is 22.5 Å². The van der Waals surface area contributed by atoms with Crippen molar-refractivity contribution in [3.63, 3.8) is 0 Å². The average molecular weight is 232 g/mol. The molecule has 0 aliphatic rings. The summed E-state index contributed by atoms with van der Waals surface area (Å²) in [6.07, 6.45) is 5.12. The van der Waals surface area contributed by atoms with Crippen molar-refractivity contribution >= 4 is 11.5 Å². The minimum atomic E-state index is -0.526. The topological polar surface area (TPSA) is 63.5 Å². The highest BCUT2D eigenvalue weighted by molar-refractivity contribution is 5.98. The van der Waals surface area contributed by atoms with Crippen molar-refractivity contribution in [3.8, 4) is 12.3 Å². The summed E-state index contributed by atoms with van der Waals surface area (Å²) < 4.78 is 0. The Kier molecular flexibility index (Phi) is 4.37. The second-order valence-electron chi connectivity index (χ2n) is 3.61. The van der Waals surface area contributed by atoms with E-state index in [0.717, 1.165) is 0 Å². The Bertz CT molecular complexity index is 477.